The second kappa shape index (κ2) is 9.32. The Hall–Kier alpha value is -2.84. The molecule has 0 heterocycles. The Morgan fingerprint density at radius 1 is 1.03 bits per heavy atom. The third kappa shape index (κ3) is 4.66. The summed E-state index contributed by atoms with van der Waals surface area (Å²) in [4.78, 5) is 15.2. The summed E-state index contributed by atoms with van der Waals surface area (Å²) >= 11 is 0. The van der Waals surface area contributed by atoms with E-state index in [9.17, 15) is 10.1 Å². The van der Waals surface area contributed by atoms with Gasteiger partial charge >= 0.3 is 5.97 Å². The Labute approximate surface area is 179 Å². The van der Waals surface area contributed by atoms with Crippen LogP contribution in [0.4, 0.5) is 0 Å². The van der Waals surface area contributed by atoms with E-state index >= 15 is 0 Å². The van der Waals surface area contributed by atoms with Gasteiger partial charge < -0.3 is 14.4 Å². The lowest BCUT2D eigenvalue weighted by atomic mass is 9.75. The van der Waals surface area contributed by atoms with E-state index in [1.165, 1.54) is 0 Å². The average Bonchev–Trinajstić information content (AvgIpc) is 2.94. The number of para-hydroxylation sites is 1. The molecule has 1 fully saturated rings. The first-order chi connectivity index (χ1) is 14.4. The standard InChI is InChI=1S/C25H30N2O3/c1-27(2)19-25(30-23(28)21-12-7-8-13-22(21)29-3)15-9-14-24(18-26,16-17-25)20-10-5-4-6-11-20/h4-8,10-13H,9,14-17,19H2,1-3H3. The van der Waals surface area contributed by atoms with Crippen molar-refractivity contribution in [1.82, 2.24) is 4.90 Å². The highest BCUT2D eigenvalue weighted by atomic mass is 16.6. The van der Waals surface area contributed by atoms with Gasteiger partial charge in [0.1, 0.15) is 16.9 Å². The molecule has 0 bridgehead atoms. The van der Waals surface area contributed by atoms with Crippen LogP contribution in [0.2, 0.25) is 0 Å². The van der Waals surface area contributed by atoms with E-state index in [0.717, 1.165) is 24.8 Å². The topological polar surface area (TPSA) is 62.6 Å². The SMILES string of the molecule is COc1ccccc1C(=O)OC1(CN(C)C)CCCC(C#N)(c2ccccc2)CC1. The van der Waals surface area contributed by atoms with E-state index in [0.29, 0.717) is 30.7 Å². The van der Waals surface area contributed by atoms with Crippen molar-refractivity contribution >= 4 is 5.97 Å². The highest BCUT2D eigenvalue weighted by Crippen LogP contribution is 2.43. The molecule has 0 N–H and O–H groups in total. The molecule has 1 saturated carbocycles. The molecular weight excluding hydrogens is 376 g/mol. The number of nitriles is 1. The minimum atomic E-state index is -0.644. The van der Waals surface area contributed by atoms with Crippen molar-refractivity contribution in [2.75, 3.05) is 27.7 Å². The number of rotatable bonds is 6. The van der Waals surface area contributed by atoms with Gasteiger partial charge in [0.15, 0.2) is 0 Å². The summed E-state index contributed by atoms with van der Waals surface area (Å²) in [5.41, 5.74) is 0.280. The van der Waals surface area contributed by atoms with E-state index < -0.39 is 11.0 Å². The molecule has 3 rings (SSSR count). The van der Waals surface area contributed by atoms with Crippen molar-refractivity contribution < 1.29 is 14.3 Å². The zero-order valence-electron chi connectivity index (χ0n) is 18.1. The maximum atomic E-state index is 13.1. The highest BCUT2D eigenvalue weighted by molar-refractivity contribution is 5.92. The Kier molecular flexibility index (Phi) is 6.79. The molecule has 1 aliphatic rings. The number of likely N-dealkylation sites (N-methyl/N-ethyl adjacent to an activating group) is 1. The number of carbonyl (C=O) groups is 1. The van der Waals surface area contributed by atoms with Gasteiger partial charge in [-0.3, -0.25) is 0 Å². The van der Waals surface area contributed by atoms with Crippen molar-refractivity contribution in [1.29, 1.82) is 5.26 Å². The van der Waals surface area contributed by atoms with E-state index in [2.05, 4.69) is 11.0 Å². The fourth-order valence-corrected chi connectivity index (χ4v) is 4.56. The van der Waals surface area contributed by atoms with Gasteiger partial charge in [-0.1, -0.05) is 42.5 Å². The van der Waals surface area contributed by atoms with Crippen molar-refractivity contribution in [3.8, 4) is 11.8 Å². The normalized spacial score (nSPS) is 24.0. The number of ether oxygens (including phenoxy) is 2. The van der Waals surface area contributed by atoms with Gasteiger partial charge in [-0.25, -0.2) is 4.79 Å². The predicted molar refractivity (Wildman–Crippen MR) is 117 cm³/mol. The van der Waals surface area contributed by atoms with Crippen LogP contribution in [0.15, 0.2) is 54.6 Å². The van der Waals surface area contributed by atoms with Crippen LogP contribution in [-0.2, 0) is 10.2 Å². The van der Waals surface area contributed by atoms with Crippen molar-refractivity contribution in [2.24, 2.45) is 0 Å². The zero-order chi connectivity index (χ0) is 21.6. The zero-order valence-corrected chi connectivity index (χ0v) is 18.1. The summed E-state index contributed by atoms with van der Waals surface area (Å²) in [7, 11) is 5.52. The van der Waals surface area contributed by atoms with Gasteiger partial charge in [-0.05, 0) is 63.9 Å². The van der Waals surface area contributed by atoms with E-state index in [4.69, 9.17) is 9.47 Å². The summed E-state index contributed by atoms with van der Waals surface area (Å²) in [6, 6.07) is 19.7. The molecule has 2 aromatic carbocycles. The second-order valence-corrected chi connectivity index (χ2v) is 8.42. The molecule has 0 amide bonds. The van der Waals surface area contributed by atoms with Gasteiger partial charge in [0.2, 0.25) is 0 Å². The largest absolute Gasteiger partial charge is 0.496 e. The maximum Gasteiger partial charge on any atom is 0.342 e. The lowest BCUT2D eigenvalue weighted by molar-refractivity contribution is -0.0387. The summed E-state index contributed by atoms with van der Waals surface area (Å²) in [6.45, 7) is 0.615. The first-order valence-electron chi connectivity index (χ1n) is 10.4. The number of nitrogens with zero attached hydrogens (tertiary/aromatic N) is 2. The fourth-order valence-electron chi connectivity index (χ4n) is 4.56. The Balaban J connectivity index is 1.89. The number of hydrogen-bond acceptors (Lipinski definition) is 5. The van der Waals surface area contributed by atoms with Crippen LogP contribution in [0.1, 0.15) is 48.0 Å². The molecule has 1 aliphatic carbocycles. The van der Waals surface area contributed by atoms with Crippen molar-refractivity contribution in [2.45, 2.75) is 43.1 Å². The van der Waals surface area contributed by atoms with E-state index in [1.807, 2.05) is 50.5 Å². The van der Waals surface area contributed by atoms with Crippen LogP contribution in [0.3, 0.4) is 0 Å². The lowest BCUT2D eigenvalue weighted by Crippen LogP contribution is -2.44. The quantitative estimate of drug-likeness (QED) is 0.519. The predicted octanol–water partition coefficient (Wildman–Crippen LogP) is 4.58. The molecule has 0 radical (unpaired) electrons. The van der Waals surface area contributed by atoms with Crippen LogP contribution >= 0.6 is 0 Å². The highest BCUT2D eigenvalue weighted by Gasteiger charge is 2.44. The lowest BCUT2D eigenvalue weighted by Gasteiger charge is -2.35. The van der Waals surface area contributed by atoms with Crippen LogP contribution in [-0.4, -0.2) is 44.2 Å². The van der Waals surface area contributed by atoms with Gasteiger partial charge in [-0.15, -0.1) is 0 Å². The molecule has 0 saturated heterocycles. The number of esters is 1. The summed E-state index contributed by atoms with van der Waals surface area (Å²) < 4.78 is 11.6. The Morgan fingerprint density at radius 3 is 2.40 bits per heavy atom. The first kappa shape index (κ1) is 21.9. The first-order valence-corrected chi connectivity index (χ1v) is 10.4. The summed E-state index contributed by atoms with van der Waals surface area (Å²) in [6.07, 6.45) is 3.59. The smallest absolute Gasteiger partial charge is 0.342 e. The van der Waals surface area contributed by atoms with E-state index in [1.54, 1.807) is 25.3 Å². The second-order valence-electron chi connectivity index (χ2n) is 8.42. The van der Waals surface area contributed by atoms with Gasteiger partial charge in [-0.2, -0.15) is 5.26 Å². The minimum Gasteiger partial charge on any atom is -0.496 e. The molecule has 0 aromatic heterocycles. The molecule has 0 spiro atoms. The van der Waals surface area contributed by atoms with Gasteiger partial charge in [0.05, 0.1) is 18.6 Å². The summed E-state index contributed by atoms with van der Waals surface area (Å²) in [5, 5.41) is 10.1. The fraction of sp³-hybridized carbons (Fsp3) is 0.440. The molecule has 158 valence electrons. The van der Waals surface area contributed by atoms with Crippen molar-refractivity contribution in [3.63, 3.8) is 0 Å². The molecule has 30 heavy (non-hydrogen) atoms. The number of benzene rings is 2. The van der Waals surface area contributed by atoms with Crippen LogP contribution < -0.4 is 4.74 Å². The molecule has 2 aromatic rings. The van der Waals surface area contributed by atoms with Crippen LogP contribution in [0.5, 0.6) is 5.75 Å². The number of carbonyl (C=O) groups excluding carboxylic acids is 1. The molecule has 2 unspecified atom stereocenters. The van der Waals surface area contributed by atoms with Gasteiger partial charge in [0.25, 0.3) is 0 Å². The monoisotopic (exact) mass is 406 g/mol. The maximum absolute atomic E-state index is 13.1. The molecular formula is C25H30N2O3. The average molecular weight is 407 g/mol. The van der Waals surface area contributed by atoms with Crippen LogP contribution in [0.25, 0.3) is 0 Å². The number of hydrogen-bond donors (Lipinski definition) is 0. The minimum absolute atomic E-state index is 0.376. The molecule has 5 heteroatoms. The molecule has 2 atom stereocenters. The Morgan fingerprint density at radius 2 is 1.73 bits per heavy atom. The Bertz CT molecular complexity index is 906. The van der Waals surface area contributed by atoms with E-state index in [-0.39, 0.29) is 5.97 Å². The van der Waals surface area contributed by atoms with Gasteiger partial charge in [0, 0.05) is 6.54 Å². The number of methoxy groups -OCH3 is 1. The molecule has 0 aliphatic heterocycles. The van der Waals surface area contributed by atoms with Crippen molar-refractivity contribution in [3.05, 3.63) is 65.7 Å². The molecule has 5 nitrogen and oxygen atoms in total. The van der Waals surface area contributed by atoms with Crippen LogP contribution in [0, 0.1) is 11.3 Å². The summed E-state index contributed by atoms with van der Waals surface area (Å²) in [5.74, 6) is 0.130. The third-order valence-electron chi connectivity index (χ3n) is 6.02. The third-order valence-corrected chi connectivity index (χ3v) is 6.02.